The summed E-state index contributed by atoms with van der Waals surface area (Å²) >= 11 is 0. The molecule has 0 saturated carbocycles. The zero-order valence-corrected chi connectivity index (χ0v) is 6.24. The summed E-state index contributed by atoms with van der Waals surface area (Å²) in [6.07, 6.45) is 1.57. The van der Waals surface area contributed by atoms with Gasteiger partial charge < -0.3 is 4.74 Å². The van der Waals surface area contributed by atoms with E-state index in [0.29, 0.717) is 0 Å². The van der Waals surface area contributed by atoms with Crippen LogP contribution in [0.1, 0.15) is 0 Å². The molecule has 5 nitrogen and oxygen atoms in total. The molecule has 1 unspecified atom stereocenters. The van der Waals surface area contributed by atoms with Gasteiger partial charge in [0.2, 0.25) is 0 Å². The molecule has 0 amide bonds. The van der Waals surface area contributed by atoms with Crippen LogP contribution in [0.2, 0.25) is 0 Å². The summed E-state index contributed by atoms with van der Waals surface area (Å²) in [7, 11) is -4.06. The zero-order chi connectivity index (χ0) is 8.48. The van der Waals surface area contributed by atoms with Gasteiger partial charge in [-0.2, -0.15) is 8.42 Å². The largest absolute Gasteiger partial charge is 0.454 e. The minimum Gasteiger partial charge on any atom is -0.454 e. The lowest BCUT2D eigenvalue weighted by molar-refractivity contribution is -0.137. The molecule has 0 radical (unpaired) electrons. The predicted octanol–water partition coefficient (Wildman–Crippen LogP) is -0.644. The van der Waals surface area contributed by atoms with E-state index in [4.69, 9.17) is 4.55 Å². The molecule has 1 heterocycles. The molecule has 0 spiro atoms. The standard InChI is InChI=1S/C5H6O5S/c6-5-2-1-4(10-5)3-11(7,8)9/h1-2,4H,3H2,(H,7,8,9). The van der Waals surface area contributed by atoms with Gasteiger partial charge in [-0.15, -0.1) is 0 Å². The Hall–Kier alpha value is -0.880. The summed E-state index contributed by atoms with van der Waals surface area (Å²) < 4.78 is 33.2. The van der Waals surface area contributed by atoms with Gasteiger partial charge in [-0.05, 0) is 6.08 Å². The van der Waals surface area contributed by atoms with Gasteiger partial charge in [0.15, 0.2) is 0 Å². The number of esters is 1. The third-order valence-corrected chi connectivity index (χ3v) is 1.84. The normalized spacial score (nSPS) is 23.7. The van der Waals surface area contributed by atoms with Gasteiger partial charge >= 0.3 is 5.97 Å². The summed E-state index contributed by atoms with van der Waals surface area (Å²) in [5, 5.41) is 0. The van der Waals surface area contributed by atoms with Crippen LogP contribution in [0.5, 0.6) is 0 Å². The van der Waals surface area contributed by atoms with Crippen LogP contribution in [-0.4, -0.2) is 30.8 Å². The number of ether oxygens (including phenoxy) is 1. The van der Waals surface area contributed by atoms with Crippen LogP contribution in [0.3, 0.4) is 0 Å². The number of rotatable bonds is 2. The molecule has 62 valence electrons. The average molecular weight is 178 g/mol. The molecule has 0 aromatic carbocycles. The highest BCUT2D eigenvalue weighted by atomic mass is 32.2. The average Bonchev–Trinajstić information content (AvgIpc) is 2.10. The maximum absolute atomic E-state index is 10.4. The molecule has 1 aliphatic rings. The minimum atomic E-state index is -4.06. The topological polar surface area (TPSA) is 80.7 Å². The monoisotopic (exact) mass is 178 g/mol. The first kappa shape index (κ1) is 8.22. The quantitative estimate of drug-likeness (QED) is 0.449. The lowest BCUT2D eigenvalue weighted by Crippen LogP contribution is -2.19. The number of hydrogen-bond acceptors (Lipinski definition) is 4. The number of carbonyl (C=O) groups is 1. The van der Waals surface area contributed by atoms with Crippen LogP contribution < -0.4 is 0 Å². The molecular weight excluding hydrogens is 172 g/mol. The Morgan fingerprint density at radius 3 is 2.64 bits per heavy atom. The van der Waals surface area contributed by atoms with E-state index in [1.165, 1.54) is 6.08 Å². The highest BCUT2D eigenvalue weighted by molar-refractivity contribution is 7.85. The van der Waals surface area contributed by atoms with Crippen LogP contribution in [0.15, 0.2) is 12.2 Å². The Balaban J connectivity index is 2.55. The molecule has 0 bridgehead atoms. The Labute approximate surface area is 63.4 Å². The lowest BCUT2D eigenvalue weighted by Gasteiger charge is -2.04. The Kier molecular flexibility index (Phi) is 1.97. The van der Waals surface area contributed by atoms with Crippen LogP contribution in [0.25, 0.3) is 0 Å². The van der Waals surface area contributed by atoms with E-state index in [9.17, 15) is 13.2 Å². The van der Waals surface area contributed by atoms with E-state index < -0.39 is 27.9 Å². The first-order valence-electron chi connectivity index (χ1n) is 2.81. The summed E-state index contributed by atoms with van der Waals surface area (Å²) in [6, 6.07) is 0. The van der Waals surface area contributed by atoms with Gasteiger partial charge in [-0.3, -0.25) is 4.55 Å². The van der Waals surface area contributed by atoms with Crippen LogP contribution in [0, 0.1) is 0 Å². The fourth-order valence-electron chi connectivity index (χ4n) is 0.711. The Morgan fingerprint density at radius 2 is 2.27 bits per heavy atom. The summed E-state index contributed by atoms with van der Waals surface area (Å²) in [4.78, 5) is 10.4. The van der Waals surface area contributed by atoms with E-state index in [-0.39, 0.29) is 0 Å². The van der Waals surface area contributed by atoms with Crippen molar-refractivity contribution in [1.82, 2.24) is 0 Å². The second-order valence-electron chi connectivity index (χ2n) is 2.08. The highest BCUT2D eigenvalue weighted by Crippen LogP contribution is 2.06. The van der Waals surface area contributed by atoms with Crippen molar-refractivity contribution in [3.8, 4) is 0 Å². The fraction of sp³-hybridized carbons (Fsp3) is 0.400. The van der Waals surface area contributed by atoms with E-state index in [1.807, 2.05) is 0 Å². The van der Waals surface area contributed by atoms with Gasteiger partial charge in [-0.1, -0.05) is 0 Å². The Bertz CT molecular complexity index is 288. The van der Waals surface area contributed by atoms with Gasteiger partial charge in [0, 0.05) is 6.08 Å². The third-order valence-electron chi connectivity index (χ3n) is 1.09. The van der Waals surface area contributed by atoms with Gasteiger partial charge in [-0.25, -0.2) is 4.79 Å². The molecule has 1 atom stereocenters. The highest BCUT2D eigenvalue weighted by Gasteiger charge is 2.21. The molecule has 0 aromatic rings. The fourth-order valence-corrected chi connectivity index (χ4v) is 1.31. The van der Waals surface area contributed by atoms with Crippen molar-refractivity contribution in [3.63, 3.8) is 0 Å². The molecule has 0 saturated heterocycles. The molecular formula is C5H6O5S. The van der Waals surface area contributed by atoms with Gasteiger partial charge in [0.25, 0.3) is 10.1 Å². The number of carbonyl (C=O) groups excluding carboxylic acids is 1. The van der Waals surface area contributed by atoms with E-state index in [1.54, 1.807) is 0 Å². The molecule has 1 N–H and O–H groups in total. The first-order chi connectivity index (χ1) is 4.97. The molecule has 6 heteroatoms. The molecule has 0 fully saturated rings. The van der Waals surface area contributed by atoms with Crippen molar-refractivity contribution in [2.45, 2.75) is 6.10 Å². The van der Waals surface area contributed by atoms with Crippen molar-refractivity contribution in [2.75, 3.05) is 5.75 Å². The van der Waals surface area contributed by atoms with Crippen molar-refractivity contribution in [3.05, 3.63) is 12.2 Å². The van der Waals surface area contributed by atoms with E-state index >= 15 is 0 Å². The zero-order valence-electron chi connectivity index (χ0n) is 5.43. The van der Waals surface area contributed by atoms with Crippen molar-refractivity contribution < 1.29 is 22.5 Å². The third kappa shape index (κ3) is 2.69. The van der Waals surface area contributed by atoms with E-state index in [0.717, 1.165) is 6.08 Å². The second kappa shape index (κ2) is 2.63. The van der Waals surface area contributed by atoms with Crippen molar-refractivity contribution in [1.29, 1.82) is 0 Å². The van der Waals surface area contributed by atoms with Crippen LogP contribution >= 0.6 is 0 Å². The molecule has 1 rings (SSSR count). The summed E-state index contributed by atoms with van der Waals surface area (Å²) in [6.45, 7) is 0. The van der Waals surface area contributed by atoms with E-state index in [2.05, 4.69) is 4.74 Å². The Morgan fingerprint density at radius 1 is 1.64 bits per heavy atom. The minimum absolute atomic E-state index is 0.574. The smallest absolute Gasteiger partial charge is 0.331 e. The molecule has 1 aliphatic heterocycles. The second-order valence-corrected chi connectivity index (χ2v) is 3.58. The number of cyclic esters (lactones) is 1. The molecule has 0 aromatic heterocycles. The summed E-state index contributed by atoms with van der Waals surface area (Å²) in [5.41, 5.74) is 0. The first-order valence-corrected chi connectivity index (χ1v) is 4.42. The van der Waals surface area contributed by atoms with Gasteiger partial charge in [0.05, 0.1) is 0 Å². The van der Waals surface area contributed by atoms with Crippen molar-refractivity contribution >= 4 is 16.1 Å². The molecule has 11 heavy (non-hydrogen) atoms. The maximum Gasteiger partial charge on any atom is 0.331 e. The van der Waals surface area contributed by atoms with Crippen molar-refractivity contribution in [2.24, 2.45) is 0 Å². The number of hydrogen-bond donors (Lipinski definition) is 1. The predicted molar refractivity (Wildman–Crippen MR) is 35.4 cm³/mol. The summed E-state index contributed by atoms with van der Waals surface area (Å²) in [5.74, 6) is -1.16. The van der Waals surface area contributed by atoms with Crippen LogP contribution in [-0.2, 0) is 19.6 Å². The van der Waals surface area contributed by atoms with Gasteiger partial charge in [0.1, 0.15) is 11.9 Å². The van der Waals surface area contributed by atoms with Crippen LogP contribution in [0.4, 0.5) is 0 Å². The SMILES string of the molecule is O=C1C=CC(CS(=O)(=O)O)O1. The maximum atomic E-state index is 10.4. The lowest BCUT2D eigenvalue weighted by atomic mass is 10.4. The molecule has 0 aliphatic carbocycles.